The lowest BCUT2D eigenvalue weighted by molar-refractivity contribution is 0.897. The molecule has 0 fully saturated rings. The van der Waals surface area contributed by atoms with Gasteiger partial charge in [0.15, 0.2) is 0 Å². The molecular formula is C15H13BrN2. The van der Waals surface area contributed by atoms with Gasteiger partial charge in [0.1, 0.15) is 0 Å². The van der Waals surface area contributed by atoms with Gasteiger partial charge in [-0.15, -0.1) is 0 Å². The van der Waals surface area contributed by atoms with Crippen molar-refractivity contribution in [2.45, 2.75) is 5.92 Å². The molecule has 2 aromatic heterocycles. The predicted octanol–water partition coefficient (Wildman–Crippen LogP) is 4.29. The highest BCUT2D eigenvalue weighted by Gasteiger charge is 2.17. The molecule has 0 saturated carbocycles. The van der Waals surface area contributed by atoms with E-state index in [4.69, 9.17) is 0 Å². The average molecular weight is 301 g/mol. The van der Waals surface area contributed by atoms with Crippen LogP contribution in [-0.4, -0.2) is 9.97 Å². The van der Waals surface area contributed by atoms with Crippen LogP contribution in [-0.2, 0) is 0 Å². The Bertz CT molecular complexity index is 560. The molecule has 0 radical (unpaired) electrons. The van der Waals surface area contributed by atoms with Gasteiger partial charge in [0, 0.05) is 28.3 Å². The smallest absolute Gasteiger partial charge is 0.0641 e. The van der Waals surface area contributed by atoms with Gasteiger partial charge < -0.3 is 9.97 Å². The van der Waals surface area contributed by atoms with Crippen molar-refractivity contribution in [1.82, 2.24) is 9.97 Å². The van der Waals surface area contributed by atoms with E-state index in [0.717, 1.165) is 4.47 Å². The molecule has 0 saturated heterocycles. The maximum Gasteiger partial charge on any atom is 0.0641 e. The summed E-state index contributed by atoms with van der Waals surface area (Å²) in [7, 11) is 0. The van der Waals surface area contributed by atoms with Crippen molar-refractivity contribution in [1.29, 1.82) is 0 Å². The third-order valence-electron chi connectivity index (χ3n) is 3.07. The summed E-state index contributed by atoms with van der Waals surface area (Å²) < 4.78 is 1.10. The first-order chi connectivity index (χ1) is 8.84. The van der Waals surface area contributed by atoms with Crippen LogP contribution in [0.25, 0.3) is 0 Å². The number of hydrogen-bond donors (Lipinski definition) is 2. The Labute approximate surface area is 114 Å². The van der Waals surface area contributed by atoms with Crippen LogP contribution < -0.4 is 0 Å². The van der Waals surface area contributed by atoms with Crippen molar-refractivity contribution >= 4 is 15.9 Å². The van der Waals surface area contributed by atoms with Crippen LogP contribution in [0.4, 0.5) is 0 Å². The zero-order valence-corrected chi connectivity index (χ0v) is 11.3. The summed E-state index contributed by atoms with van der Waals surface area (Å²) in [5.41, 5.74) is 3.66. The molecule has 0 atom stereocenters. The summed E-state index contributed by atoms with van der Waals surface area (Å²) in [6.07, 6.45) is 3.92. The average Bonchev–Trinajstić information content (AvgIpc) is 3.06. The molecule has 2 heterocycles. The summed E-state index contributed by atoms with van der Waals surface area (Å²) in [6.45, 7) is 0. The van der Waals surface area contributed by atoms with Gasteiger partial charge in [-0.3, -0.25) is 0 Å². The van der Waals surface area contributed by atoms with E-state index >= 15 is 0 Å². The molecule has 18 heavy (non-hydrogen) atoms. The maximum atomic E-state index is 3.48. The molecule has 2 N–H and O–H groups in total. The number of aromatic nitrogens is 2. The van der Waals surface area contributed by atoms with Crippen molar-refractivity contribution in [2.75, 3.05) is 0 Å². The molecule has 0 aliphatic heterocycles. The SMILES string of the molecule is Brc1ccc(C(c2ccc[nH]2)c2ccc[nH]2)cc1. The number of hydrogen-bond acceptors (Lipinski definition) is 0. The largest absolute Gasteiger partial charge is 0.364 e. The minimum absolute atomic E-state index is 0.225. The summed E-state index contributed by atoms with van der Waals surface area (Å²) in [4.78, 5) is 6.61. The molecule has 0 aliphatic carbocycles. The molecule has 3 aromatic rings. The fourth-order valence-corrected chi connectivity index (χ4v) is 2.49. The van der Waals surface area contributed by atoms with E-state index in [1.807, 2.05) is 24.5 Å². The van der Waals surface area contributed by atoms with Gasteiger partial charge in [0.2, 0.25) is 0 Å². The molecule has 0 unspecified atom stereocenters. The van der Waals surface area contributed by atoms with Gasteiger partial charge >= 0.3 is 0 Å². The van der Waals surface area contributed by atoms with E-state index in [-0.39, 0.29) is 5.92 Å². The molecule has 1 aromatic carbocycles. The summed E-state index contributed by atoms with van der Waals surface area (Å²) in [5, 5.41) is 0. The van der Waals surface area contributed by atoms with E-state index in [1.165, 1.54) is 17.0 Å². The van der Waals surface area contributed by atoms with Crippen molar-refractivity contribution < 1.29 is 0 Å². The van der Waals surface area contributed by atoms with Gasteiger partial charge in [-0.05, 0) is 42.0 Å². The fraction of sp³-hybridized carbons (Fsp3) is 0.0667. The molecule has 0 amide bonds. The second-order valence-corrected chi connectivity index (χ2v) is 5.15. The molecule has 0 spiro atoms. The van der Waals surface area contributed by atoms with Crippen molar-refractivity contribution in [2.24, 2.45) is 0 Å². The van der Waals surface area contributed by atoms with E-state index < -0.39 is 0 Å². The Hall–Kier alpha value is -1.74. The molecule has 2 nitrogen and oxygen atoms in total. The first-order valence-electron chi connectivity index (χ1n) is 5.86. The quantitative estimate of drug-likeness (QED) is 0.723. The molecular weight excluding hydrogens is 288 g/mol. The Balaban J connectivity index is 2.08. The van der Waals surface area contributed by atoms with Gasteiger partial charge in [-0.25, -0.2) is 0 Å². The van der Waals surface area contributed by atoms with Crippen molar-refractivity contribution in [3.63, 3.8) is 0 Å². The number of aromatic amines is 2. The minimum Gasteiger partial charge on any atom is -0.364 e. The number of rotatable bonds is 3. The van der Waals surface area contributed by atoms with E-state index in [1.54, 1.807) is 0 Å². The van der Waals surface area contributed by atoms with Gasteiger partial charge in [0.25, 0.3) is 0 Å². The molecule has 3 rings (SSSR count). The Morgan fingerprint density at radius 1 is 0.778 bits per heavy atom. The fourth-order valence-electron chi connectivity index (χ4n) is 2.23. The zero-order valence-electron chi connectivity index (χ0n) is 9.73. The van der Waals surface area contributed by atoms with Gasteiger partial charge in [-0.1, -0.05) is 28.1 Å². The van der Waals surface area contributed by atoms with Crippen molar-refractivity contribution in [3.05, 3.63) is 82.3 Å². The zero-order chi connectivity index (χ0) is 12.4. The number of nitrogens with one attached hydrogen (secondary N) is 2. The van der Waals surface area contributed by atoms with E-state index in [2.05, 4.69) is 62.3 Å². The predicted molar refractivity (Wildman–Crippen MR) is 76.7 cm³/mol. The van der Waals surface area contributed by atoms with Crippen LogP contribution in [0.2, 0.25) is 0 Å². The van der Waals surface area contributed by atoms with Crippen LogP contribution >= 0.6 is 15.9 Å². The van der Waals surface area contributed by atoms with E-state index in [9.17, 15) is 0 Å². The normalized spacial score (nSPS) is 11.0. The Morgan fingerprint density at radius 2 is 1.33 bits per heavy atom. The lowest BCUT2D eigenvalue weighted by Gasteiger charge is -2.15. The highest BCUT2D eigenvalue weighted by molar-refractivity contribution is 9.10. The number of benzene rings is 1. The van der Waals surface area contributed by atoms with Gasteiger partial charge in [0.05, 0.1) is 5.92 Å². The first kappa shape index (κ1) is 11.4. The molecule has 90 valence electrons. The topological polar surface area (TPSA) is 31.6 Å². The first-order valence-corrected chi connectivity index (χ1v) is 6.66. The van der Waals surface area contributed by atoms with Crippen LogP contribution in [0.1, 0.15) is 22.9 Å². The summed E-state index contributed by atoms with van der Waals surface area (Å²) in [5.74, 6) is 0.225. The van der Waals surface area contributed by atoms with Crippen LogP contribution in [0, 0.1) is 0 Å². The van der Waals surface area contributed by atoms with Crippen LogP contribution in [0.15, 0.2) is 65.4 Å². The Kier molecular flexibility index (Phi) is 3.07. The third-order valence-corrected chi connectivity index (χ3v) is 3.60. The minimum atomic E-state index is 0.225. The highest BCUT2D eigenvalue weighted by Crippen LogP contribution is 2.30. The van der Waals surface area contributed by atoms with Crippen LogP contribution in [0.5, 0.6) is 0 Å². The second-order valence-electron chi connectivity index (χ2n) is 4.24. The highest BCUT2D eigenvalue weighted by atomic mass is 79.9. The van der Waals surface area contributed by atoms with Gasteiger partial charge in [-0.2, -0.15) is 0 Å². The van der Waals surface area contributed by atoms with E-state index in [0.29, 0.717) is 0 Å². The number of H-pyrrole nitrogens is 2. The third kappa shape index (κ3) is 2.14. The monoisotopic (exact) mass is 300 g/mol. The summed E-state index contributed by atoms with van der Waals surface area (Å²) in [6, 6.07) is 16.8. The standard InChI is InChI=1S/C15H13BrN2/c16-12-7-5-11(6-8-12)15(13-3-1-9-17-13)14-4-2-10-18-14/h1-10,15,17-18H. The Morgan fingerprint density at radius 3 is 1.78 bits per heavy atom. The second kappa shape index (κ2) is 4.86. The molecule has 0 aliphatic rings. The lowest BCUT2D eigenvalue weighted by atomic mass is 9.93. The van der Waals surface area contributed by atoms with Crippen LogP contribution in [0.3, 0.4) is 0 Å². The molecule has 3 heteroatoms. The molecule has 0 bridgehead atoms. The lowest BCUT2D eigenvalue weighted by Crippen LogP contribution is -2.03. The number of halogens is 1. The summed E-state index contributed by atoms with van der Waals surface area (Å²) >= 11 is 3.48. The maximum absolute atomic E-state index is 3.48. The van der Waals surface area contributed by atoms with Crippen molar-refractivity contribution in [3.8, 4) is 0 Å².